The molecule has 0 radical (unpaired) electrons. The lowest BCUT2D eigenvalue weighted by Gasteiger charge is -1.94. The van der Waals surface area contributed by atoms with E-state index in [1.165, 1.54) is 21.3 Å². The molecule has 0 aliphatic carbocycles. The maximum absolute atomic E-state index is 9.97. The molecule has 0 N–H and O–H groups in total. The molecule has 0 atom stereocenters. The predicted molar refractivity (Wildman–Crippen MR) is 60.7 cm³/mol. The fourth-order valence-electron chi connectivity index (χ4n) is 0.552. The van der Waals surface area contributed by atoms with Crippen molar-refractivity contribution in [3.8, 4) is 0 Å². The predicted octanol–water partition coefficient (Wildman–Crippen LogP) is 1.34. The van der Waals surface area contributed by atoms with Gasteiger partial charge in [-0.15, -0.1) is 0 Å². The van der Waals surface area contributed by atoms with Gasteiger partial charge in [-0.3, -0.25) is 0 Å². The summed E-state index contributed by atoms with van der Waals surface area (Å²) in [5.74, 6) is 0. The van der Waals surface area contributed by atoms with Gasteiger partial charge in [-0.05, 0) is 6.92 Å². The van der Waals surface area contributed by atoms with E-state index in [1.54, 1.807) is 6.92 Å². The molecule has 9 nitrogen and oxygen atoms in total. The van der Waals surface area contributed by atoms with E-state index in [-0.39, 0.29) is 0 Å². The molecule has 1 aliphatic rings. The van der Waals surface area contributed by atoms with Crippen LogP contribution in [-0.4, -0.2) is 59.6 Å². The maximum Gasteiger partial charge on any atom is 0.508 e. The number of carbonyl (C=O) groups is 3. The van der Waals surface area contributed by atoms with Gasteiger partial charge in [-0.1, -0.05) is 0 Å². The van der Waals surface area contributed by atoms with E-state index in [1.807, 2.05) is 0 Å². The Morgan fingerprint density at radius 1 is 1.00 bits per heavy atom. The largest absolute Gasteiger partial charge is 0.508 e. The summed E-state index contributed by atoms with van der Waals surface area (Å²) in [6.45, 7) is 2.92. The first kappa shape index (κ1) is 19.2. The summed E-state index contributed by atoms with van der Waals surface area (Å²) in [4.78, 5) is 29.5. The monoisotopic (exact) mass is 282 g/mol. The summed E-state index contributed by atoms with van der Waals surface area (Å²) in [6, 6.07) is 0. The van der Waals surface area contributed by atoms with Crippen LogP contribution in [0.5, 0.6) is 0 Å². The van der Waals surface area contributed by atoms with Gasteiger partial charge in [0.1, 0.15) is 13.2 Å². The molecule has 1 saturated heterocycles. The number of carbonyl (C=O) groups excluding carboxylic acids is 3. The minimum Gasteiger partial charge on any atom is -0.438 e. The molecule has 0 saturated carbocycles. The molecule has 1 heterocycles. The highest BCUT2D eigenvalue weighted by molar-refractivity contribution is 5.61. The van der Waals surface area contributed by atoms with E-state index >= 15 is 0 Å². The molecule has 0 spiro atoms. The van der Waals surface area contributed by atoms with Crippen molar-refractivity contribution in [3.05, 3.63) is 0 Å². The summed E-state index contributed by atoms with van der Waals surface area (Å²) in [7, 11) is 3.79. The highest BCUT2D eigenvalue weighted by Gasteiger charge is 2.09. The average molecular weight is 282 g/mol. The number of rotatable bonds is 1. The normalized spacial score (nSPS) is 11.3. The van der Waals surface area contributed by atoms with E-state index < -0.39 is 18.5 Å². The minimum absolute atomic E-state index is 0.368. The fraction of sp³-hybridized carbons (Fsp3) is 0.700. The Labute approximate surface area is 110 Å². The third-order valence-electron chi connectivity index (χ3n) is 1.29. The third-order valence-corrected chi connectivity index (χ3v) is 1.29. The van der Waals surface area contributed by atoms with Gasteiger partial charge in [0.25, 0.3) is 0 Å². The van der Waals surface area contributed by atoms with Crippen LogP contribution < -0.4 is 0 Å². The number of ether oxygens (including phenoxy) is 6. The van der Waals surface area contributed by atoms with E-state index in [0.29, 0.717) is 19.8 Å². The Hall–Kier alpha value is -2.19. The number of methoxy groups -OCH3 is 3. The van der Waals surface area contributed by atoms with Crippen LogP contribution >= 0.6 is 0 Å². The Morgan fingerprint density at radius 2 is 1.42 bits per heavy atom. The molecule has 19 heavy (non-hydrogen) atoms. The molecule has 1 rings (SSSR count). The molecule has 0 unspecified atom stereocenters. The molecular weight excluding hydrogens is 264 g/mol. The highest BCUT2D eigenvalue weighted by Crippen LogP contribution is 1.92. The quantitative estimate of drug-likeness (QED) is 0.520. The zero-order valence-electron chi connectivity index (χ0n) is 11.3. The summed E-state index contributed by atoms with van der Waals surface area (Å²) < 4.78 is 25.1. The Kier molecular flexibility index (Phi) is 14.0. The van der Waals surface area contributed by atoms with Crippen LogP contribution in [0, 0.1) is 0 Å². The second-order valence-electron chi connectivity index (χ2n) is 2.49. The lowest BCUT2D eigenvalue weighted by atomic mass is 10.8. The van der Waals surface area contributed by atoms with Crippen molar-refractivity contribution in [1.82, 2.24) is 0 Å². The molecule has 1 aliphatic heterocycles. The smallest absolute Gasteiger partial charge is 0.438 e. The van der Waals surface area contributed by atoms with Crippen molar-refractivity contribution < 1.29 is 42.8 Å². The van der Waals surface area contributed by atoms with E-state index in [9.17, 15) is 14.4 Å². The van der Waals surface area contributed by atoms with Crippen molar-refractivity contribution in [1.29, 1.82) is 0 Å². The molecule has 0 aromatic rings. The lowest BCUT2D eigenvalue weighted by molar-refractivity contribution is 0.0770. The first-order chi connectivity index (χ1) is 9.01. The second-order valence-corrected chi connectivity index (χ2v) is 2.49. The minimum atomic E-state index is -0.657. The standard InChI is InChI=1S/C4H8O3.C3H4O3.C3H6O3/c1-3-7-4(5)6-2;4-3-5-1-2-6-3;1-5-3(4)6-2/h3H2,1-2H3;1-2H2;1-2H3. The summed E-state index contributed by atoms with van der Waals surface area (Å²) in [5, 5.41) is 0. The van der Waals surface area contributed by atoms with Gasteiger partial charge in [0.15, 0.2) is 0 Å². The van der Waals surface area contributed by atoms with Crippen LogP contribution in [-0.2, 0) is 28.4 Å². The molecule has 0 aromatic heterocycles. The molecule has 1 fully saturated rings. The molecule has 0 aromatic carbocycles. The zero-order chi connectivity index (χ0) is 15.1. The SMILES string of the molecule is CCOC(=O)OC.COC(=O)OC.O=C1OCCO1. The lowest BCUT2D eigenvalue weighted by Crippen LogP contribution is -2.02. The maximum atomic E-state index is 9.97. The van der Waals surface area contributed by atoms with Crippen molar-refractivity contribution in [2.75, 3.05) is 41.2 Å². The molecule has 9 heteroatoms. The first-order valence-electron chi connectivity index (χ1n) is 5.13. The van der Waals surface area contributed by atoms with Gasteiger partial charge in [-0.2, -0.15) is 0 Å². The second kappa shape index (κ2) is 13.9. The van der Waals surface area contributed by atoms with Crippen molar-refractivity contribution in [3.63, 3.8) is 0 Å². The van der Waals surface area contributed by atoms with Crippen LogP contribution in [0.2, 0.25) is 0 Å². The Morgan fingerprint density at radius 3 is 1.53 bits per heavy atom. The average Bonchev–Trinajstić information content (AvgIpc) is 2.90. The van der Waals surface area contributed by atoms with Gasteiger partial charge in [0, 0.05) is 0 Å². The molecule has 0 bridgehead atoms. The number of hydrogen-bond donors (Lipinski definition) is 0. The summed E-state index contributed by atoms with van der Waals surface area (Å²) in [5.41, 5.74) is 0. The Bertz CT molecular complexity index is 248. The fourth-order valence-corrected chi connectivity index (χ4v) is 0.552. The van der Waals surface area contributed by atoms with E-state index in [2.05, 4.69) is 28.4 Å². The van der Waals surface area contributed by atoms with Crippen LogP contribution in [0.1, 0.15) is 6.92 Å². The number of cyclic esters (lactones) is 2. The van der Waals surface area contributed by atoms with E-state index in [0.717, 1.165) is 0 Å². The molecule has 0 amide bonds. The van der Waals surface area contributed by atoms with Gasteiger partial charge < -0.3 is 28.4 Å². The molecular formula is C10H18O9. The Balaban J connectivity index is 0. The van der Waals surface area contributed by atoms with Crippen LogP contribution in [0.4, 0.5) is 14.4 Å². The molecule has 112 valence electrons. The van der Waals surface area contributed by atoms with Crippen molar-refractivity contribution in [2.45, 2.75) is 6.92 Å². The zero-order valence-corrected chi connectivity index (χ0v) is 11.3. The van der Waals surface area contributed by atoms with Gasteiger partial charge in [0.2, 0.25) is 0 Å². The van der Waals surface area contributed by atoms with Gasteiger partial charge in [0.05, 0.1) is 27.9 Å². The van der Waals surface area contributed by atoms with E-state index in [4.69, 9.17) is 0 Å². The van der Waals surface area contributed by atoms with Crippen LogP contribution in [0.15, 0.2) is 0 Å². The summed E-state index contributed by atoms with van der Waals surface area (Å²) in [6.07, 6.45) is -1.83. The van der Waals surface area contributed by atoms with Crippen LogP contribution in [0.25, 0.3) is 0 Å². The van der Waals surface area contributed by atoms with Crippen molar-refractivity contribution in [2.24, 2.45) is 0 Å². The third kappa shape index (κ3) is 15.8. The van der Waals surface area contributed by atoms with Crippen molar-refractivity contribution >= 4 is 18.5 Å². The highest BCUT2D eigenvalue weighted by atomic mass is 16.8. The van der Waals surface area contributed by atoms with Gasteiger partial charge >= 0.3 is 18.5 Å². The van der Waals surface area contributed by atoms with Gasteiger partial charge in [-0.25, -0.2) is 14.4 Å². The number of hydrogen-bond acceptors (Lipinski definition) is 9. The topological polar surface area (TPSA) is 107 Å². The summed E-state index contributed by atoms with van der Waals surface area (Å²) >= 11 is 0. The first-order valence-corrected chi connectivity index (χ1v) is 5.13. The van der Waals surface area contributed by atoms with Crippen LogP contribution in [0.3, 0.4) is 0 Å².